The molecule has 0 radical (unpaired) electrons. The summed E-state index contributed by atoms with van der Waals surface area (Å²) in [4.78, 5) is 36.8. The van der Waals surface area contributed by atoms with E-state index in [4.69, 9.17) is 29.9 Å². The van der Waals surface area contributed by atoms with Crippen molar-refractivity contribution in [1.29, 1.82) is 0 Å². The average Bonchev–Trinajstić information content (AvgIpc) is 3.78. The zero-order valence-corrected chi connectivity index (χ0v) is 24.8. The van der Waals surface area contributed by atoms with E-state index in [0.717, 1.165) is 43.8 Å². The van der Waals surface area contributed by atoms with Crippen LogP contribution in [0.15, 0.2) is 97.1 Å². The second kappa shape index (κ2) is 9.92. The smallest absolute Gasteiger partial charge is 0.164 e. The Hall–Kier alpha value is -4.82. The van der Waals surface area contributed by atoms with E-state index >= 15 is 0 Å². The van der Waals surface area contributed by atoms with Crippen molar-refractivity contribution in [2.24, 2.45) is 0 Å². The van der Waals surface area contributed by atoms with Crippen LogP contribution in [-0.4, -0.2) is 39.9 Å². The molecular weight excluding hydrogens is 724 g/mol. The summed E-state index contributed by atoms with van der Waals surface area (Å²) < 4.78 is 0. The first-order valence-corrected chi connectivity index (χ1v) is 16.1. The molecule has 2 aliphatic rings. The first-order chi connectivity index (χ1) is 20.8. The van der Waals surface area contributed by atoms with Gasteiger partial charge in [0, 0.05) is 43.8 Å². The predicted octanol–water partition coefficient (Wildman–Crippen LogP) is 7.56. The Balaban J connectivity index is 0.00000131. The molecule has 0 saturated carbocycles. The number of H-pyrrole nitrogens is 2. The topological polar surface area (TPSA) is 109 Å². The predicted molar refractivity (Wildman–Crippen MR) is 162 cm³/mol. The van der Waals surface area contributed by atoms with Crippen molar-refractivity contribution < 1.29 is 17.9 Å². The average molecular weight is 742 g/mol. The van der Waals surface area contributed by atoms with Crippen LogP contribution in [0, 0.1) is 0 Å². The Labute approximate surface area is 253 Å². The third kappa shape index (κ3) is 3.86. The van der Waals surface area contributed by atoms with E-state index in [1.807, 2.05) is 97.1 Å². The van der Waals surface area contributed by atoms with Crippen LogP contribution in [0.3, 0.4) is 0 Å². The second-order valence-corrected chi connectivity index (χ2v) is 9.79. The summed E-state index contributed by atoms with van der Waals surface area (Å²) in [5.74, 6) is 2.39. The molecule has 3 aromatic heterocycles. The number of rotatable bonds is 0. The van der Waals surface area contributed by atoms with Gasteiger partial charge < -0.3 is 9.97 Å². The largest absolute Gasteiger partial charge is 0.324 e. The normalized spacial score (nSPS) is 11.6. The van der Waals surface area contributed by atoms with Crippen molar-refractivity contribution in [3.8, 4) is 45.6 Å². The number of nitrogens with one attached hydrogen (secondary N) is 2. The van der Waals surface area contributed by atoms with Gasteiger partial charge in [0.05, 0.1) is 0 Å². The number of halogens is 1. The Morgan fingerprint density at radius 2 is 0.595 bits per heavy atom. The van der Waals surface area contributed by atoms with Crippen molar-refractivity contribution in [2.45, 2.75) is 0 Å². The van der Waals surface area contributed by atoms with Crippen LogP contribution in [0.4, 0.5) is 0 Å². The van der Waals surface area contributed by atoms with E-state index < -0.39 is 0 Å². The van der Waals surface area contributed by atoms with Crippen molar-refractivity contribution in [1.82, 2.24) is 39.9 Å². The van der Waals surface area contributed by atoms with Crippen LogP contribution >= 0.6 is 9.58 Å². The summed E-state index contributed by atoms with van der Waals surface area (Å²) in [7, 11) is 4.64. The minimum atomic E-state index is 0.597. The van der Waals surface area contributed by atoms with Gasteiger partial charge in [0.2, 0.25) is 0 Å². The SMILES string of the molecule is [Cl][Ir].c1ccc2c(c1)-c1nc-2nc2[nH]c(nc3nc(nc4[nH]c(n1)c1ccccc41)-c1ccccc1-3)c1ccccc21. The van der Waals surface area contributed by atoms with Gasteiger partial charge >= 0.3 is 27.5 Å². The maximum absolute atomic E-state index is 5.02. The number of benzene rings is 4. The van der Waals surface area contributed by atoms with Crippen molar-refractivity contribution >= 4 is 53.7 Å². The molecule has 0 saturated heterocycles. The molecule has 8 bridgehead atoms. The standard InChI is InChI=1S/C32H18N8.ClH.Ir/c1-2-10-18-17(9-1)25-33-26(18)38-28-21-13-5-6-14-22(21)30(35-28)40-32-24-16-8-7-15-23(24)31(36-32)39-29-20-12-4-3-11-19(20)27(34-29)37-25;;/h1-16H,(H2,33,34,35,36,37,38,39,40);1H;/q;;+1/p-1. The van der Waals surface area contributed by atoms with E-state index in [1.54, 1.807) is 0 Å². The van der Waals surface area contributed by atoms with Crippen LogP contribution in [0.5, 0.6) is 0 Å². The molecule has 8 nitrogen and oxygen atoms in total. The van der Waals surface area contributed by atoms with E-state index in [9.17, 15) is 0 Å². The van der Waals surface area contributed by atoms with Crippen LogP contribution in [0.25, 0.3) is 89.7 Å². The Kier molecular flexibility index (Phi) is 5.89. The number of aromatic nitrogens is 8. The maximum atomic E-state index is 5.02. The second-order valence-electron chi connectivity index (χ2n) is 9.79. The van der Waals surface area contributed by atoms with Gasteiger partial charge in [0.15, 0.2) is 23.3 Å². The van der Waals surface area contributed by atoms with Crippen molar-refractivity contribution in [3.63, 3.8) is 0 Å². The van der Waals surface area contributed by atoms with Crippen LogP contribution in [0.1, 0.15) is 0 Å². The molecule has 0 aliphatic carbocycles. The fourth-order valence-corrected chi connectivity index (χ4v) is 5.59. The Morgan fingerprint density at radius 3 is 0.857 bits per heavy atom. The van der Waals surface area contributed by atoms with Crippen LogP contribution < -0.4 is 0 Å². The van der Waals surface area contributed by atoms with Gasteiger partial charge in [0.25, 0.3) is 0 Å². The summed E-state index contributed by atoms with van der Waals surface area (Å²) >= 11 is 1.47. The number of hydrogen-bond donors (Lipinski definition) is 2. The third-order valence-electron chi connectivity index (χ3n) is 7.46. The van der Waals surface area contributed by atoms with Gasteiger partial charge in [-0.3, -0.25) is 0 Å². The van der Waals surface area contributed by atoms with Gasteiger partial charge in [-0.2, -0.15) is 0 Å². The molecular formula is C32H18ClIrN8. The molecule has 9 rings (SSSR count). The molecule has 0 atom stereocenters. The van der Waals surface area contributed by atoms with E-state index in [0.29, 0.717) is 45.9 Å². The molecule has 5 heterocycles. The van der Waals surface area contributed by atoms with Crippen molar-refractivity contribution in [3.05, 3.63) is 97.1 Å². The Morgan fingerprint density at radius 1 is 0.357 bits per heavy atom. The molecule has 2 aliphatic heterocycles. The fourth-order valence-electron chi connectivity index (χ4n) is 5.59. The fraction of sp³-hybridized carbons (Fsp3) is 0. The van der Waals surface area contributed by atoms with Crippen molar-refractivity contribution in [2.75, 3.05) is 0 Å². The number of aromatic amines is 2. The number of fused-ring (bicyclic) bond motifs is 20. The molecule has 10 heteroatoms. The molecule has 0 fully saturated rings. The first kappa shape index (κ1) is 24.9. The van der Waals surface area contributed by atoms with Crippen LogP contribution in [0.2, 0.25) is 0 Å². The quantitative estimate of drug-likeness (QED) is 0.166. The van der Waals surface area contributed by atoms with Gasteiger partial charge in [-0.05, 0) is 0 Å². The zero-order chi connectivity index (χ0) is 28.2. The summed E-state index contributed by atoms with van der Waals surface area (Å²) in [5, 5.41) is 3.82. The minimum Gasteiger partial charge on any atom is -0.324 e. The van der Waals surface area contributed by atoms with Gasteiger partial charge in [-0.25, -0.2) is 29.9 Å². The summed E-state index contributed by atoms with van der Waals surface area (Å²) in [5.41, 5.74) is 6.45. The summed E-state index contributed by atoms with van der Waals surface area (Å²) in [6.45, 7) is 0. The van der Waals surface area contributed by atoms with E-state index in [2.05, 4.69) is 19.6 Å². The van der Waals surface area contributed by atoms with Gasteiger partial charge in [-0.1, -0.05) is 97.1 Å². The molecule has 42 heavy (non-hydrogen) atoms. The minimum absolute atomic E-state index is 0.597. The molecule has 7 aromatic rings. The van der Waals surface area contributed by atoms with Gasteiger partial charge in [0.1, 0.15) is 22.6 Å². The van der Waals surface area contributed by atoms with Gasteiger partial charge in [-0.15, -0.1) is 0 Å². The Bertz CT molecular complexity index is 2040. The first-order valence-electron chi connectivity index (χ1n) is 13.1. The molecule has 4 aromatic carbocycles. The zero-order valence-electron chi connectivity index (χ0n) is 21.6. The summed E-state index contributed by atoms with van der Waals surface area (Å²) in [6.07, 6.45) is 0. The molecule has 0 amide bonds. The van der Waals surface area contributed by atoms with E-state index in [1.165, 1.54) is 17.9 Å². The number of hydrogen-bond acceptors (Lipinski definition) is 6. The van der Waals surface area contributed by atoms with E-state index in [-0.39, 0.29) is 0 Å². The molecule has 0 spiro atoms. The molecule has 2 N–H and O–H groups in total. The van der Waals surface area contributed by atoms with Crippen LogP contribution in [-0.2, 0) is 17.9 Å². The summed E-state index contributed by atoms with van der Waals surface area (Å²) in [6, 6.07) is 32.2. The maximum Gasteiger partial charge on any atom is 0.164 e. The molecule has 0 unspecified atom stereocenters. The third-order valence-corrected chi connectivity index (χ3v) is 7.46. The molecule has 202 valence electrons. The number of nitrogens with zero attached hydrogens (tertiary/aromatic N) is 6. The monoisotopic (exact) mass is 742 g/mol.